The Bertz CT molecular complexity index is 142. The fourth-order valence-electron chi connectivity index (χ4n) is 0.725. The monoisotopic (exact) mass is 204 g/mol. The lowest BCUT2D eigenvalue weighted by Crippen LogP contribution is -2.39. The van der Waals surface area contributed by atoms with Crippen molar-refractivity contribution < 1.29 is 4.79 Å². The number of carbonyl (C=O) groups excluding carboxylic acids is 1. The van der Waals surface area contributed by atoms with Crippen LogP contribution in [0.4, 0.5) is 0 Å². The second-order valence-electron chi connectivity index (χ2n) is 3.19. The summed E-state index contributed by atoms with van der Waals surface area (Å²) in [5.74, 6) is 1.58. The quantitative estimate of drug-likeness (QED) is 0.616. The van der Waals surface area contributed by atoms with Gasteiger partial charge in [0.15, 0.2) is 0 Å². The summed E-state index contributed by atoms with van der Waals surface area (Å²) >= 11 is 1.69. The Kier molecular flexibility index (Phi) is 8.24. The van der Waals surface area contributed by atoms with Gasteiger partial charge in [-0.1, -0.05) is 20.3 Å². The van der Waals surface area contributed by atoms with Crippen molar-refractivity contribution in [1.82, 2.24) is 10.9 Å². The first-order chi connectivity index (χ1) is 6.20. The smallest absolute Gasteiger partial charge is 0.234 e. The average molecular weight is 204 g/mol. The maximum absolute atomic E-state index is 11.1. The van der Waals surface area contributed by atoms with Crippen LogP contribution in [0.2, 0.25) is 0 Å². The number of hydrogen-bond donors (Lipinski definition) is 2. The van der Waals surface area contributed by atoms with E-state index in [1.165, 1.54) is 0 Å². The number of nitrogens with one attached hydrogen (secondary N) is 2. The van der Waals surface area contributed by atoms with Crippen molar-refractivity contribution in [3.05, 3.63) is 0 Å². The molecule has 3 nitrogen and oxygen atoms in total. The van der Waals surface area contributed by atoms with E-state index in [1.54, 1.807) is 11.8 Å². The SMILES string of the molecule is CCC(C)CNNC(=O)CCSC. The van der Waals surface area contributed by atoms with Gasteiger partial charge >= 0.3 is 0 Å². The van der Waals surface area contributed by atoms with Crippen molar-refractivity contribution >= 4 is 17.7 Å². The van der Waals surface area contributed by atoms with E-state index in [1.807, 2.05) is 6.26 Å². The van der Waals surface area contributed by atoms with E-state index in [9.17, 15) is 4.79 Å². The molecular weight excluding hydrogens is 184 g/mol. The molecule has 0 aliphatic rings. The summed E-state index contributed by atoms with van der Waals surface area (Å²) in [6.45, 7) is 5.14. The minimum absolute atomic E-state index is 0.0812. The Labute approximate surface area is 85.0 Å². The van der Waals surface area contributed by atoms with Gasteiger partial charge in [-0.2, -0.15) is 11.8 Å². The molecule has 1 unspecified atom stereocenters. The van der Waals surface area contributed by atoms with Gasteiger partial charge in [0.05, 0.1) is 0 Å². The zero-order valence-electron chi connectivity index (χ0n) is 8.72. The molecule has 0 aliphatic heterocycles. The number of hydrazine groups is 1. The maximum atomic E-state index is 11.1. The van der Waals surface area contributed by atoms with Crippen molar-refractivity contribution in [2.75, 3.05) is 18.6 Å². The summed E-state index contributed by atoms with van der Waals surface area (Å²) in [6, 6.07) is 0. The summed E-state index contributed by atoms with van der Waals surface area (Å²) in [5, 5.41) is 0. The van der Waals surface area contributed by atoms with Crippen molar-refractivity contribution in [2.24, 2.45) is 5.92 Å². The van der Waals surface area contributed by atoms with Gasteiger partial charge in [0, 0.05) is 18.7 Å². The lowest BCUT2D eigenvalue weighted by atomic mass is 10.1. The normalized spacial score (nSPS) is 12.5. The molecule has 0 saturated heterocycles. The first-order valence-electron chi connectivity index (χ1n) is 4.71. The third-order valence-corrected chi connectivity index (χ3v) is 2.52. The second kappa shape index (κ2) is 8.38. The molecule has 2 N–H and O–H groups in total. The Morgan fingerprint density at radius 3 is 2.77 bits per heavy atom. The Morgan fingerprint density at radius 2 is 2.23 bits per heavy atom. The molecular formula is C9H20N2OS. The van der Waals surface area contributed by atoms with Crippen LogP contribution in [0.1, 0.15) is 26.7 Å². The second-order valence-corrected chi connectivity index (χ2v) is 4.17. The molecule has 1 amide bonds. The molecule has 0 aromatic carbocycles. The number of rotatable bonds is 7. The van der Waals surface area contributed by atoms with Gasteiger partial charge in [-0.3, -0.25) is 10.2 Å². The molecule has 0 saturated carbocycles. The minimum atomic E-state index is 0.0812. The summed E-state index contributed by atoms with van der Waals surface area (Å²) in [6.07, 6.45) is 3.72. The molecule has 0 heterocycles. The van der Waals surface area contributed by atoms with Crippen LogP contribution in [0.3, 0.4) is 0 Å². The standard InChI is InChI=1S/C9H20N2OS/c1-4-8(2)7-10-11-9(12)5-6-13-3/h8,10H,4-7H2,1-3H3,(H,11,12). The fraction of sp³-hybridized carbons (Fsp3) is 0.889. The van der Waals surface area contributed by atoms with E-state index in [4.69, 9.17) is 0 Å². The molecule has 0 aromatic rings. The van der Waals surface area contributed by atoms with E-state index in [2.05, 4.69) is 24.7 Å². The van der Waals surface area contributed by atoms with Crippen molar-refractivity contribution in [2.45, 2.75) is 26.7 Å². The van der Waals surface area contributed by atoms with Crippen LogP contribution >= 0.6 is 11.8 Å². The highest BCUT2D eigenvalue weighted by atomic mass is 32.2. The summed E-state index contributed by atoms with van der Waals surface area (Å²) < 4.78 is 0. The van der Waals surface area contributed by atoms with Crippen LogP contribution < -0.4 is 10.9 Å². The molecule has 0 bridgehead atoms. The third kappa shape index (κ3) is 8.12. The molecule has 0 aromatic heterocycles. The van der Waals surface area contributed by atoms with Crippen LogP contribution in [0, 0.1) is 5.92 Å². The lowest BCUT2D eigenvalue weighted by molar-refractivity contribution is -0.121. The maximum Gasteiger partial charge on any atom is 0.234 e. The van der Waals surface area contributed by atoms with Gasteiger partial charge in [-0.05, 0) is 12.2 Å². The predicted octanol–water partition coefficient (Wildman–Crippen LogP) is 1.41. The zero-order chi connectivity index (χ0) is 10.1. The first kappa shape index (κ1) is 12.8. The van der Waals surface area contributed by atoms with Crippen LogP contribution in [-0.4, -0.2) is 24.5 Å². The number of hydrogen-bond acceptors (Lipinski definition) is 3. The molecule has 78 valence electrons. The van der Waals surface area contributed by atoms with Crippen LogP contribution in [0.5, 0.6) is 0 Å². The Morgan fingerprint density at radius 1 is 1.54 bits per heavy atom. The highest BCUT2D eigenvalue weighted by molar-refractivity contribution is 7.98. The van der Waals surface area contributed by atoms with E-state index < -0.39 is 0 Å². The topological polar surface area (TPSA) is 41.1 Å². The van der Waals surface area contributed by atoms with Gasteiger partial charge in [0.25, 0.3) is 0 Å². The largest absolute Gasteiger partial charge is 0.292 e. The highest BCUT2D eigenvalue weighted by Crippen LogP contribution is 1.96. The van der Waals surface area contributed by atoms with Gasteiger partial charge in [-0.15, -0.1) is 0 Å². The van der Waals surface area contributed by atoms with Crippen LogP contribution in [0.25, 0.3) is 0 Å². The summed E-state index contributed by atoms with van der Waals surface area (Å²) in [5.41, 5.74) is 5.62. The van der Waals surface area contributed by atoms with Gasteiger partial charge in [-0.25, -0.2) is 5.43 Å². The number of amides is 1. The first-order valence-corrected chi connectivity index (χ1v) is 6.10. The van der Waals surface area contributed by atoms with Crippen LogP contribution in [-0.2, 0) is 4.79 Å². The van der Waals surface area contributed by atoms with Crippen molar-refractivity contribution in [3.63, 3.8) is 0 Å². The highest BCUT2D eigenvalue weighted by Gasteiger charge is 2.00. The molecule has 4 heteroatoms. The van der Waals surface area contributed by atoms with Gasteiger partial charge in [0.1, 0.15) is 0 Å². The van der Waals surface area contributed by atoms with Crippen molar-refractivity contribution in [1.29, 1.82) is 0 Å². The molecule has 0 rings (SSSR count). The summed E-state index contributed by atoms with van der Waals surface area (Å²) in [7, 11) is 0. The zero-order valence-corrected chi connectivity index (χ0v) is 9.54. The lowest BCUT2D eigenvalue weighted by Gasteiger charge is -2.10. The van der Waals surface area contributed by atoms with E-state index >= 15 is 0 Å². The molecule has 0 fully saturated rings. The Hall–Kier alpha value is -0.220. The number of thioether (sulfide) groups is 1. The van der Waals surface area contributed by atoms with Gasteiger partial charge < -0.3 is 0 Å². The van der Waals surface area contributed by atoms with Crippen LogP contribution in [0.15, 0.2) is 0 Å². The molecule has 13 heavy (non-hydrogen) atoms. The predicted molar refractivity (Wildman–Crippen MR) is 58.6 cm³/mol. The fourth-order valence-corrected chi connectivity index (χ4v) is 1.11. The number of carbonyl (C=O) groups is 1. The van der Waals surface area contributed by atoms with E-state index in [-0.39, 0.29) is 5.91 Å². The molecule has 0 aliphatic carbocycles. The van der Waals surface area contributed by atoms with Crippen molar-refractivity contribution in [3.8, 4) is 0 Å². The summed E-state index contributed by atoms with van der Waals surface area (Å²) in [4.78, 5) is 11.1. The van der Waals surface area contributed by atoms with E-state index in [0.29, 0.717) is 12.3 Å². The molecule has 0 radical (unpaired) electrons. The molecule has 0 spiro atoms. The van der Waals surface area contributed by atoms with E-state index in [0.717, 1.165) is 18.7 Å². The minimum Gasteiger partial charge on any atom is -0.292 e. The Balaban J connectivity index is 3.26. The third-order valence-electron chi connectivity index (χ3n) is 1.91. The van der Waals surface area contributed by atoms with Gasteiger partial charge in [0.2, 0.25) is 5.91 Å². The molecule has 1 atom stereocenters. The average Bonchev–Trinajstić information content (AvgIpc) is 2.14.